The molecule has 8 nitrogen and oxygen atoms in total. The van der Waals surface area contributed by atoms with E-state index in [1.54, 1.807) is 24.3 Å². The summed E-state index contributed by atoms with van der Waals surface area (Å²) in [6.45, 7) is 0.919. The summed E-state index contributed by atoms with van der Waals surface area (Å²) < 4.78 is 4.98. The highest BCUT2D eigenvalue weighted by Gasteiger charge is 2.66. The van der Waals surface area contributed by atoms with Gasteiger partial charge in [-0.25, -0.2) is 0 Å². The Kier molecular flexibility index (Phi) is 6.53. The predicted octanol–water partition coefficient (Wildman–Crippen LogP) is 2.54. The molecule has 2 saturated carbocycles. The number of anilines is 1. The number of hydrogen-bond donors (Lipinski definition) is 1. The molecule has 4 rings (SSSR count). The summed E-state index contributed by atoms with van der Waals surface area (Å²) >= 11 is 7.28. The molecule has 0 aromatic heterocycles. The maximum absolute atomic E-state index is 12.8. The number of fused-ring (bicyclic) bond motifs is 5. The number of hydrogen-bond acceptors (Lipinski definition) is 6. The SMILES string of the molecule is CC(=O)c1ccc(NC(=O)COC(=O)CCN2C(=O)[C@@H]3[C@H]4C[C@@H]([C@@H](Br)[C@H]4Br)[C@H]3C2=O)cc1. The molecule has 3 fully saturated rings. The quantitative estimate of drug-likeness (QED) is 0.234. The molecule has 1 aromatic rings. The van der Waals surface area contributed by atoms with E-state index in [1.165, 1.54) is 11.8 Å². The lowest BCUT2D eigenvalue weighted by atomic mass is 9.81. The average molecular weight is 570 g/mol. The minimum Gasteiger partial charge on any atom is -0.456 e. The molecular weight excluding hydrogens is 548 g/mol. The first kappa shape index (κ1) is 23.1. The van der Waals surface area contributed by atoms with Crippen LogP contribution in [0.1, 0.15) is 30.1 Å². The summed E-state index contributed by atoms with van der Waals surface area (Å²) in [5.41, 5.74) is 0.997. The van der Waals surface area contributed by atoms with Gasteiger partial charge in [-0.15, -0.1) is 0 Å². The monoisotopic (exact) mass is 568 g/mol. The molecule has 32 heavy (non-hydrogen) atoms. The van der Waals surface area contributed by atoms with Crippen molar-refractivity contribution in [1.29, 1.82) is 0 Å². The molecule has 1 aromatic carbocycles. The summed E-state index contributed by atoms with van der Waals surface area (Å²) in [7, 11) is 0. The normalized spacial score (nSPS) is 30.4. The summed E-state index contributed by atoms with van der Waals surface area (Å²) in [6.07, 6.45) is 0.684. The van der Waals surface area contributed by atoms with Gasteiger partial charge in [-0.3, -0.25) is 28.9 Å². The van der Waals surface area contributed by atoms with Gasteiger partial charge in [0, 0.05) is 27.4 Å². The van der Waals surface area contributed by atoms with Crippen LogP contribution in [0.5, 0.6) is 0 Å². The number of carbonyl (C=O) groups is 5. The van der Waals surface area contributed by atoms with Crippen LogP contribution in [0, 0.1) is 23.7 Å². The molecule has 0 unspecified atom stereocenters. The van der Waals surface area contributed by atoms with E-state index in [2.05, 4.69) is 37.2 Å². The molecule has 1 N–H and O–H groups in total. The van der Waals surface area contributed by atoms with Crippen molar-refractivity contribution in [2.24, 2.45) is 23.7 Å². The Hall–Kier alpha value is -2.07. The molecule has 3 aliphatic rings. The largest absolute Gasteiger partial charge is 0.456 e. The zero-order valence-corrected chi connectivity index (χ0v) is 20.4. The third kappa shape index (κ3) is 4.14. The van der Waals surface area contributed by atoms with Gasteiger partial charge in [0.1, 0.15) is 0 Å². The number of ketones is 1. The van der Waals surface area contributed by atoms with Crippen LogP contribution in [0.4, 0.5) is 5.69 Å². The number of rotatable bonds is 7. The van der Waals surface area contributed by atoms with E-state index >= 15 is 0 Å². The number of nitrogens with zero attached hydrogens (tertiary/aromatic N) is 1. The Morgan fingerprint density at radius 3 is 2.12 bits per heavy atom. The van der Waals surface area contributed by atoms with Crippen molar-refractivity contribution in [3.8, 4) is 0 Å². The number of carbonyl (C=O) groups excluding carboxylic acids is 5. The molecule has 1 heterocycles. The number of benzene rings is 1. The Labute approximate surface area is 201 Å². The lowest BCUT2D eigenvalue weighted by molar-refractivity contribution is -0.149. The fourth-order valence-electron chi connectivity index (χ4n) is 5.04. The summed E-state index contributed by atoms with van der Waals surface area (Å²) in [5.74, 6) is -2.09. The first-order valence-corrected chi connectivity index (χ1v) is 12.2. The lowest BCUT2D eigenvalue weighted by Gasteiger charge is -2.28. The predicted molar refractivity (Wildman–Crippen MR) is 121 cm³/mol. The maximum Gasteiger partial charge on any atom is 0.308 e. The molecule has 2 bridgehead atoms. The van der Waals surface area contributed by atoms with Crippen LogP contribution in [0.2, 0.25) is 0 Å². The topological polar surface area (TPSA) is 110 Å². The molecule has 6 atom stereocenters. The van der Waals surface area contributed by atoms with Gasteiger partial charge < -0.3 is 10.1 Å². The average Bonchev–Trinajstić information content (AvgIpc) is 3.36. The van der Waals surface area contributed by atoms with E-state index in [1.807, 2.05) is 0 Å². The number of halogens is 2. The van der Waals surface area contributed by atoms with Gasteiger partial charge in [0.05, 0.1) is 18.3 Å². The second-order valence-corrected chi connectivity index (χ2v) is 10.5. The molecule has 0 radical (unpaired) electrons. The van der Waals surface area contributed by atoms with Crippen molar-refractivity contribution < 1.29 is 28.7 Å². The van der Waals surface area contributed by atoms with Gasteiger partial charge in [-0.2, -0.15) is 0 Å². The first-order valence-electron chi connectivity index (χ1n) is 10.4. The van der Waals surface area contributed by atoms with Crippen LogP contribution in [0.25, 0.3) is 0 Å². The van der Waals surface area contributed by atoms with Crippen molar-refractivity contribution in [1.82, 2.24) is 4.90 Å². The summed E-state index contributed by atoms with van der Waals surface area (Å²) in [6, 6.07) is 6.34. The maximum atomic E-state index is 12.8. The summed E-state index contributed by atoms with van der Waals surface area (Å²) in [4.78, 5) is 62.5. The molecule has 10 heteroatoms. The van der Waals surface area contributed by atoms with E-state index in [4.69, 9.17) is 4.74 Å². The van der Waals surface area contributed by atoms with Crippen LogP contribution < -0.4 is 5.32 Å². The van der Waals surface area contributed by atoms with Gasteiger partial charge in [0.25, 0.3) is 5.91 Å². The third-order valence-corrected chi connectivity index (χ3v) is 9.76. The van der Waals surface area contributed by atoms with Crippen LogP contribution in [0.3, 0.4) is 0 Å². The van der Waals surface area contributed by atoms with Gasteiger partial charge in [0.2, 0.25) is 11.8 Å². The van der Waals surface area contributed by atoms with Crippen LogP contribution in [-0.2, 0) is 23.9 Å². The molecule has 2 aliphatic carbocycles. The lowest BCUT2D eigenvalue weighted by Crippen LogP contribution is -2.37. The van der Waals surface area contributed by atoms with Crippen molar-refractivity contribution in [3.63, 3.8) is 0 Å². The standard InChI is InChI=1S/C22H22Br2N2O6/c1-10(27)11-2-4-12(5-3-11)25-15(28)9-32-16(29)6-7-26-21(30)17-13-8-14(18(17)22(26)31)20(24)19(13)23/h2-5,13-14,17-20H,6-9H2,1H3,(H,25,28)/t13-,14-,17-,18-,19-,20+/m1/s1. The fourth-order valence-corrected chi connectivity index (χ4v) is 6.91. The van der Waals surface area contributed by atoms with Crippen LogP contribution in [0.15, 0.2) is 24.3 Å². The zero-order chi connectivity index (χ0) is 23.2. The van der Waals surface area contributed by atoms with Crippen LogP contribution >= 0.6 is 31.9 Å². The Morgan fingerprint density at radius 1 is 1.03 bits per heavy atom. The van der Waals surface area contributed by atoms with Gasteiger partial charge >= 0.3 is 5.97 Å². The number of esters is 1. The number of alkyl halides is 2. The smallest absolute Gasteiger partial charge is 0.308 e. The number of ether oxygens (including phenoxy) is 1. The van der Waals surface area contributed by atoms with Crippen molar-refractivity contribution >= 4 is 67.0 Å². The first-order chi connectivity index (χ1) is 15.2. The number of imide groups is 1. The number of nitrogens with one attached hydrogen (secondary N) is 1. The molecule has 170 valence electrons. The van der Waals surface area contributed by atoms with Gasteiger partial charge in [-0.1, -0.05) is 31.9 Å². The van der Waals surface area contributed by atoms with Crippen LogP contribution in [-0.4, -0.2) is 57.2 Å². The third-order valence-electron chi connectivity index (χ3n) is 6.56. The number of amides is 3. The summed E-state index contributed by atoms with van der Waals surface area (Å²) in [5, 5.41) is 2.57. The van der Waals surface area contributed by atoms with Crippen molar-refractivity contribution in [2.45, 2.75) is 29.4 Å². The fraction of sp³-hybridized carbons (Fsp3) is 0.500. The highest BCUT2D eigenvalue weighted by atomic mass is 79.9. The molecule has 0 spiro atoms. The minimum absolute atomic E-state index is 0.0447. The highest BCUT2D eigenvalue weighted by molar-refractivity contribution is 9.12. The van der Waals surface area contributed by atoms with Gasteiger partial charge in [0.15, 0.2) is 12.4 Å². The second-order valence-electron chi connectivity index (χ2n) is 8.42. The minimum atomic E-state index is -0.663. The van der Waals surface area contributed by atoms with E-state index < -0.39 is 18.5 Å². The van der Waals surface area contributed by atoms with E-state index in [9.17, 15) is 24.0 Å². The Bertz CT molecular complexity index is 949. The molecule has 1 aliphatic heterocycles. The zero-order valence-electron chi connectivity index (χ0n) is 17.3. The Balaban J connectivity index is 1.24. The molecule has 3 amide bonds. The Morgan fingerprint density at radius 2 is 1.59 bits per heavy atom. The van der Waals surface area contributed by atoms with Gasteiger partial charge in [-0.05, 0) is 49.4 Å². The number of likely N-dealkylation sites (tertiary alicyclic amines) is 1. The van der Waals surface area contributed by atoms with Crippen molar-refractivity contribution in [2.75, 3.05) is 18.5 Å². The highest BCUT2D eigenvalue weighted by Crippen LogP contribution is 2.60. The van der Waals surface area contributed by atoms with Crippen molar-refractivity contribution in [3.05, 3.63) is 29.8 Å². The number of Topliss-reactive ketones (excluding diaryl/α,β-unsaturated/α-hetero) is 1. The molecular formula is C22H22Br2N2O6. The van der Waals surface area contributed by atoms with E-state index in [-0.39, 0.29) is 63.9 Å². The van der Waals surface area contributed by atoms with E-state index in [0.717, 1.165) is 6.42 Å². The van der Waals surface area contributed by atoms with E-state index in [0.29, 0.717) is 11.3 Å². The second kappa shape index (κ2) is 9.05. The molecule has 1 saturated heterocycles.